The fourth-order valence-electron chi connectivity index (χ4n) is 5.78. The predicted molar refractivity (Wildman–Crippen MR) is 145 cm³/mol. The monoisotopic (exact) mass is 499 g/mol. The third kappa shape index (κ3) is 3.27. The molecule has 1 atom stereocenters. The number of benzene rings is 6. The van der Waals surface area contributed by atoms with Gasteiger partial charge in [0.2, 0.25) is 0 Å². The van der Waals surface area contributed by atoms with Crippen molar-refractivity contribution in [3.05, 3.63) is 107 Å². The summed E-state index contributed by atoms with van der Waals surface area (Å²) in [6, 6.07) is 26.1. The van der Waals surface area contributed by atoms with E-state index < -0.39 is 23.9 Å². The van der Waals surface area contributed by atoms with Crippen LogP contribution < -0.4 is 5.73 Å². The first-order chi connectivity index (χ1) is 18.5. The van der Waals surface area contributed by atoms with Gasteiger partial charge in [0.15, 0.2) is 0 Å². The second kappa shape index (κ2) is 8.36. The second-order valence-electron chi connectivity index (χ2n) is 9.64. The molecular weight excluding hydrogens is 478 g/mol. The molecule has 0 saturated heterocycles. The predicted octanol–water partition coefficient (Wildman–Crippen LogP) is 6.18. The Kier molecular flexibility index (Phi) is 4.93. The number of fused-ring (bicyclic) bond motifs is 2. The number of hydrogen-bond donors (Lipinski definition) is 1. The third-order valence-corrected chi connectivity index (χ3v) is 7.43. The molecule has 1 unspecified atom stereocenters. The Bertz CT molecular complexity index is 1940. The number of nitrogens with two attached hydrogens (primary N) is 1. The van der Waals surface area contributed by atoms with Gasteiger partial charge in [-0.25, -0.2) is 9.59 Å². The maximum Gasteiger partial charge on any atom is 0.346 e. The third-order valence-electron chi connectivity index (χ3n) is 7.43. The fourth-order valence-corrected chi connectivity index (χ4v) is 5.78. The summed E-state index contributed by atoms with van der Waals surface area (Å²) in [6.45, 7) is 0.150. The van der Waals surface area contributed by atoms with Gasteiger partial charge < -0.3 is 15.2 Å². The van der Waals surface area contributed by atoms with Crippen LogP contribution in [-0.2, 0) is 20.9 Å². The van der Waals surface area contributed by atoms with E-state index >= 15 is 0 Å². The van der Waals surface area contributed by atoms with Gasteiger partial charge in [-0.05, 0) is 61.0 Å². The number of esters is 3. The molecule has 0 amide bonds. The molecule has 6 nitrogen and oxygen atoms in total. The van der Waals surface area contributed by atoms with Gasteiger partial charge in [0.05, 0.1) is 17.5 Å². The van der Waals surface area contributed by atoms with Gasteiger partial charge in [-0.15, -0.1) is 0 Å². The van der Waals surface area contributed by atoms with E-state index in [1.165, 1.54) is 0 Å². The van der Waals surface area contributed by atoms with E-state index in [0.29, 0.717) is 16.5 Å². The van der Waals surface area contributed by atoms with E-state index in [1.54, 1.807) is 12.1 Å². The summed E-state index contributed by atoms with van der Waals surface area (Å²) < 4.78 is 10.6. The zero-order valence-corrected chi connectivity index (χ0v) is 20.2. The molecule has 0 spiro atoms. The van der Waals surface area contributed by atoms with Crippen LogP contribution in [0.5, 0.6) is 0 Å². The zero-order valence-electron chi connectivity index (χ0n) is 20.2. The topological polar surface area (TPSA) is 95.7 Å². The van der Waals surface area contributed by atoms with Crippen molar-refractivity contribution >= 4 is 61.0 Å². The van der Waals surface area contributed by atoms with Crippen LogP contribution in [0.25, 0.3) is 43.1 Å². The lowest BCUT2D eigenvalue weighted by Crippen LogP contribution is -2.22. The highest BCUT2D eigenvalue weighted by Crippen LogP contribution is 2.46. The summed E-state index contributed by atoms with van der Waals surface area (Å²) >= 11 is 0. The summed E-state index contributed by atoms with van der Waals surface area (Å²) in [5, 5.41) is 7.17. The Morgan fingerprint density at radius 2 is 1.45 bits per heavy atom. The van der Waals surface area contributed by atoms with Crippen molar-refractivity contribution in [2.75, 3.05) is 0 Å². The molecule has 0 fully saturated rings. The summed E-state index contributed by atoms with van der Waals surface area (Å²) in [7, 11) is 0. The minimum atomic E-state index is -0.753. The lowest BCUT2D eigenvalue weighted by Gasteiger charge is -2.24. The number of rotatable bonds is 5. The average Bonchev–Trinajstić information content (AvgIpc) is 2.94. The average molecular weight is 500 g/mol. The highest BCUT2D eigenvalue weighted by molar-refractivity contribution is 6.37. The van der Waals surface area contributed by atoms with Gasteiger partial charge in [0.25, 0.3) is 0 Å². The van der Waals surface area contributed by atoms with Gasteiger partial charge >= 0.3 is 17.9 Å². The van der Waals surface area contributed by atoms with Crippen molar-refractivity contribution in [1.82, 2.24) is 0 Å². The van der Waals surface area contributed by atoms with Crippen LogP contribution in [0, 0.1) is 0 Å². The first kappa shape index (κ1) is 22.4. The van der Waals surface area contributed by atoms with Crippen LogP contribution in [0.4, 0.5) is 0 Å². The molecule has 0 radical (unpaired) electrons. The standard InChI is InChI=1S/C32H21NO5/c33-25(15-26(34)37-16-17-6-2-1-3-7-17)23-14-24-29-22(31(35)38-32(24)36)13-12-20-19-10-4-8-18-9-5-11-21(27(18)19)28(23)30(20)29/h1-14,25H,15-16,33H2. The molecule has 0 aliphatic carbocycles. The summed E-state index contributed by atoms with van der Waals surface area (Å²) in [4.78, 5) is 38.4. The zero-order chi connectivity index (χ0) is 26.0. The maximum atomic E-state index is 12.9. The van der Waals surface area contributed by atoms with Crippen molar-refractivity contribution in [3.63, 3.8) is 0 Å². The Hall–Kier alpha value is -4.81. The van der Waals surface area contributed by atoms with Crippen molar-refractivity contribution < 1.29 is 23.9 Å². The molecule has 2 N–H and O–H groups in total. The minimum absolute atomic E-state index is 0.0780. The van der Waals surface area contributed by atoms with E-state index in [2.05, 4.69) is 12.1 Å². The molecule has 1 aliphatic heterocycles. The molecule has 1 heterocycles. The van der Waals surface area contributed by atoms with Gasteiger partial charge in [-0.3, -0.25) is 4.79 Å². The normalized spacial score (nSPS) is 13.9. The van der Waals surface area contributed by atoms with E-state index in [4.69, 9.17) is 15.2 Å². The van der Waals surface area contributed by atoms with Gasteiger partial charge in [0.1, 0.15) is 6.61 Å². The van der Waals surface area contributed by atoms with E-state index in [0.717, 1.165) is 43.3 Å². The van der Waals surface area contributed by atoms with Crippen molar-refractivity contribution in [3.8, 4) is 0 Å². The number of cyclic esters (lactones) is 2. The van der Waals surface area contributed by atoms with Crippen LogP contribution in [0.2, 0.25) is 0 Å². The van der Waals surface area contributed by atoms with Gasteiger partial charge in [0, 0.05) is 11.4 Å². The molecular formula is C32H21NO5. The van der Waals surface area contributed by atoms with Crippen LogP contribution in [0.3, 0.4) is 0 Å². The number of ether oxygens (including phenoxy) is 2. The molecule has 7 rings (SSSR count). The maximum absolute atomic E-state index is 12.9. The Morgan fingerprint density at radius 1 is 0.737 bits per heavy atom. The SMILES string of the molecule is NC(CC(=O)OCc1ccccc1)c1cc2c3c(ccc4c5cccc6cccc(c1c34)c65)C(=O)OC2=O. The van der Waals surface area contributed by atoms with Crippen LogP contribution in [-0.4, -0.2) is 17.9 Å². The summed E-state index contributed by atoms with van der Waals surface area (Å²) in [5.41, 5.74) is 8.82. The molecule has 184 valence electrons. The number of carbonyl (C=O) groups excluding carboxylic acids is 3. The molecule has 6 aromatic rings. The van der Waals surface area contributed by atoms with Crippen LogP contribution >= 0.6 is 0 Å². The molecule has 0 saturated carbocycles. The fraction of sp³-hybridized carbons (Fsp3) is 0.0938. The molecule has 6 aromatic carbocycles. The second-order valence-corrected chi connectivity index (χ2v) is 9.64. The largest absolute Gasteiger partial charge is 0.461 e. The molecule has 0 bridgehead atoms. The molecule has 6 heteroatoms. The first-order valence-electron chi connectivity index (χ1n) is 12.4. The summed E-state index contributed by atoms with van der Waals surface area (Å²) in [6.07, 6.45) is -0.0780. The van der Waals surface area contributed by atoms with Crippen molar-refractivity contribution in [2.45, 2.75) is 19.1 Å². The van der Waals surface area contributed by atoms with E-state index in [-0.39, 0.29) is 18.6 Å². The van der Waals surface area contributed by atoms with Crippen molar-refractivity contribution in [2.24, 2.45) is 5.73 Å². The molecule has 0 aromatic heterocycles. The number of carbonyl (C=O) groups is 3. The smallest absolute Gasteiger partial charge is 0.346 e. The molecule has 38 heavy (non-hydrogen) atoms. The molecule has 1 aliphatic rings. The van der Waals surface area contributed by atoms with Crippen LogP contribution in [0.1, 0.15) is 44.3 Å². The Morgan fingerprint density at radius 3 is 2.24 bits per heavy atom. The lowest BCUT2D eigenvalue weighted by molar-refractivity contribution is -0.145. The first-order valence-corrected chi connectivity index (χ1v) is 12.4. The van der Waals surface area contributed by atoms with Gasteiger partial charge in [-0.1, -0.05) is 72.8 Å². The van der Waals surface area contributed by atoms with Crippen LogP contribution in [0.15, 0.2) is 84.9 Å². The Labute approximate surface area is 216 Å². The highest BCUT2D eigenvalue weighted by Gasteiger charge is 2.32. The highest BCUT2D eigenvalue weighted by atomic mass is 16.6. The van der Waals surface area contributed by atoms with E-state index in [9.17, 15) is 14.4 Å². The summed E-state index contributed by atoms with van der Waals surface area (Å²) in [5.74, 6) is -1.83. The van der Waals surface area contributed by atoms with E-state index in [1.807, 2.05) is 60.7 Å². The van der Waals surface area contributed by atoms with Crippen molar-refractivity contribution in [1.29, 1.82) is 0 Å². The number of hydrogen-bond acceptors (Lipinski definition) is 6. The van der Waals surface area contributed by atoms with Gasteiger partial charge in [-0.2, -0.15) is 0 Å². The lowest BCUT2D eigenvalue weighted by atomic mass is 9.82. The minimum Gasteiger partial charge on any atom is -0.461 e. The quantitative estimate of drug-likeness (QED) is 0.132. The Balaban J connectivity index is 1.45.